The van der Waals surface area contributed by atoms with Gasteiger partial charge in [-0.15, -0.1) is 5.10 Å². The monoisotopic (exact) mass is 332 g/mol. The number of nitrogens with one attached hydrogen (secondary N) is 1. The highest BCUT2D eigenvalue weighted by Gasteiger charge is 2.20. The fourth-order valence-corrected chi connectivity index (χ4v) is 2.07. The summed E-state index contributed by atoms with van der Waals surface area (Å²) in [4.78, 5) is 33.8. The summed E-state index contributed by atoms with van der Waals surface area (Å²) in [6.45, 7) is 0. The highest BCUT2D eigenvalue weighted by Crippen LogP contribution is 2.09. The van der Waals surface area contributed by atoms with Gasteiger partial charge in [-0.25, -0.2) is 9.48 Å². The highest BCUT2D eigenvalue weighted by atomic mass is 16.4. The van der Waals surface area contributed by atoms with Crippen molar-refractivity contribution in [3.8, 4) is 5.69 Å². The molecule has 126 valence electrons. The van der Waals surface area contributed by atoms with Crippen molar-refractivity contribution in [1.29, 1.82) is 0 Å². The van der Waals surface area contributed by atoms with Gasteiger partial charge in [0.2, 0.25) is 0 Å². The maximum Gasteiger partial charge on any atom is 0.326 e. The van der Waals surface area contributed by atoms with Crippen molar-refractivity contribution >= 4 is 17.8 Å². The Labute approximate surface area is 136 Å². The van der Waals surface area contributed by atoms with E-state index >= 15 is 0 Å². The van der Waals surface area contributed by atoms with E-state index in [1.165, 1.54) is 10.9 Å². The summed E-state index contributed by atoms with van der Waals surface area (Å²) in [5.41, 5.74) is 1.00. The minimum absolute atomic E-state index is 0.0460. The number of nitrogens with zero attached hydrogens (tertiary/aromatic N) is 3. The number of amides is 1. The number of rotatable bonds is 8. The van der Waals surface area contributed by atoms with Crippen LogP contribution in [0.15, 0.2) is 36.7 Å². The van der Waals surface area contributed by atoms with Crippen molar-refractivity contribution in [1.82, 2.24) is 20.3 Å². The van der Waals surface area contributed by atoms with Crippen LogP contribution in [0.4, 0.5) is 0 Å². The van der Waals surface area contributed by atoms with Gasteiger partial charge < -0.3 is 15.5 Å². The molecular formula is C15H16N4O5. The van der Waals surface area contributed by atoms with Gasteiger partial charge in [0.15, 0.2) is 0 Å². The Kier molecular flexibility index (Phi) is 5.61. The molecule has 1 aromatic carbocycles. The Morgan fingerprint density at radius 2 is 1.88 bits per heavy atom. The van der Waals surface area contributed by atoms with Gasteiger partial charge in [0.05, 0.1) is 18.1 Å². The van der Waals surface area contributed by atoms with E-state index in [-0.39, 0.29) is 19.3 Å². The van der Waals surface area contributed by atoms with Crippen molar-refractivity contribution < 1.29 is 24.6 Å². The molecule has 1 atom stereocenters. The number of carbonyl (C=O) groups excluding carboxylic acids is 1. The van der Waals surface area contributed by atoms with Crippen LogP contribution in [0.1, 0.15) is 29.6 Å². The van der Waals surface area contributed by atoms with Gasteiger partial charge in [0.1, 0.15) is 6.04 Å². The van der Waals surface area contributed by atoms with Crippen LogP contribution >= 0.6 is 0 Å². The Hall–Kier alpha value is -3.23. The molecule has 0 saturated heterocycles. The van der Waals surface area contributed by atoms with Gasteiger partial charge >= 0.3 is 11.9 Å². The lowest BCUT2D eigenvalue weighted by Crippen LogP contribution is -2.40. The first-order chi connectivity index (χ1) is 11.5. The third-order valence-corrected chi connectivity index (χ3v) is 3.30. The van der Waals surface area contributed by atoms with Crippen LogP contribution in [0.2, 0.25) is 0 Å². The first-order valence-corrected chi connectivity index (χ1v) is 7.19. The quantitative estimate of drug-likeness (QED) is 0.648. The molecule has 2 rings (SSSR count). The lowest BCUT2D eigenvalue weighted by atomic mass is 10.1. The average molecular weight is 332 g/mol. The van der Waals surface area contributed by atoms with Crippen LogP contribution in [0.3, 0.4) is 0 Å². The zero-order valence-corrected chi connectivity index (χ0v) is 12.6. The van der Waals surface area contributed by atoms with Crippen LogP contribution in [0.25, 0.3) is 5.69 Å². The number of carbonyl (C=O) groups is 3. The molecule has 0 aliphatic rings. The van der Waals surface area contributed by atoms with E-state index in [2.05, 4.69) is 15.6 Å². The Bertz CT molecular complexity index is 712. The smallest absolute Gasteiger partial charge is 0.326 e. The minimum Gasteiger partial charge on any atom is -0.481 e. The SMILES string of the molecule is O=C(O)CCCC(NC(=O)c1ccc(-n2ccnn2)cc1)C(=O)O. The van der Waals surface area contributed by atoms with Crippen LogP contribution < -0.4 is 5.32 Å². The molecule has 2 aromatic rings. The molecule has 1 aromatic heterocycles. The van der Waals surface area contributed by atoms with Crippen LogP contribution in [0.5, 0.6) is 0 Å². The largest absolute Gasteiger partial charge is 0.481 e. The predicted molar refractivity (Wildman–Crippen MR) is 81.7 cm³/mol. The zero-order valence-electron chi connectivity index (χ0n) is 12.6. The second-order valence-electron chi connectivity index (χ2n) is 5.04. The fraction of sp³-hybridized carbons (Fsp3) is 0.267. The summed E-state index contributed by atoms with van der Waals surface area (Å²) in [6, 6.07) is 5.27. The molecule has 0 fully saturated rings. The summed E-state index contributed by atoms with van der Waals surface area (Å²) in [7, 11) is 0. The number of aliphatic carboxylic acids is 2. The molecule has 0 aliphatic carbocycles. The Morgan fingerprint density at radius 1 is 1.17 bits per heavy atom. The second kappa shape index (κ2) is 7.86. The number of carboxylic acids is 2. The maximum absolute atomic E-state index is 12.1. The standard InChI is InChI=1S/C15H16N4O5/c20-13(21)3-1-2-12(15(23)24)17-14(22)10-4-6-11(7-5-10)19-9-8-16-18-19/h4-9,12H,1-3H2,(H,17,22)(H,20,21)(H,23,24). The molecule has 0 saturated carbocycles. The molecule has 3 N–H and O–H groups in total. The van der Waals surface area contributed by atoms with E-state index in [0.717, 1.165) is 0 Å². The third kappa shape index (κ3) is 4.63. The topological polar surface area (TPSA) is 134 Å². The molecule has 0 spiro atoms. The van der Waals surface area contributed by atoms with Crippen molar-refractivity contribution in [2.45, 2.75) is 25.3 Å². The number of carboxylic acid groups (broad SMARTS) is 2. The van der Waals surface area contributed by atoms with Crippen molar-refractivity contribution in [3.63, 3.8) is 0 Å². The highest BCUT2D eigenvalue weighted by molar-refractivity contribution is 5.96. The zero-order chi connectivity index (χ0) is 17.5. The Balaban J connectivity index is 1.98. The molecule has 24 heavy (non-hydrogen) atoms. The second-order valence-corrected chi connectivity index (χ2v) is 5.04. The Morgan fingerprint density at radius 3 is 2.42 bits per heavy atom. The van der Waals surface area contributed by atoms with Gasteiger partial charge in [0.25, 0.3) is 5.91 Å². The summed E-state index contributed by atoms with van der Waals surface area (Å²) in [5, 5.41) is 27.6. The van der Waals surface area contributed by atoms with Crippen LogP contribution in [-0.4, -0.2) is 49.1 Å². The number of hydrogen-bond acceptors (Lipinski definition) is 5. The summed E-state index contributed by atoms with van der Waals surface area (Å²) >= 11 is 0. The number of hydrogen-bond donors (Lipinski definition) is 3. The molecule has 9 heteroatoms. The lowest BCUT2D eigenvalue weighted by molar-refractivity contribution is -0.140. The molecule has 1 heterocycles. The van der Waals surface area contributed by atoms with Crippen molar-refractivity contribution in [2.75, 3.05) is 0 Å². The van der Waals surface area contributed by atoms with E-state index in [0.29, 0.717) is 11.3 Å². The average Bonchev–Trinajstić information content (AvgIpc) is 3.08. The minimum atomic E-state index is -1.20. The van der Waals surface area contributed by atoms with E-state index in [1.54, 1.807) is 30.5 Å². The third-order valence-electron chi connectivity index (χ3n) is 3.30. The van der Waals surface area contributed by atoms with Crippen LogP contribution in [-0.2, 0) is 9.59 Å². The van der Waals surface area contributed by atoms with Crippen molar-refractivity contribution in [3.05, 3.63) is 42.2 Å². The predicted octanol–water partition coefficient (Wildman–Crippen LogP) is 0.705. The van der Waals surface area contributed by atoms with Gasteiger partial charge in [0, 0.05) is 12.0 Å². The lowest BCUT2D eigenvalue weighted by Gasteiger charge is -2.14. The van der Waals surface area contributed by atoms with E-state index in [4.69, 9.17) is 10.2 Å². The van der Waals surface area contributed by atoms with E-state index in [9.17, 15) is 14.4 Å². The number of benzene rings is 1. The number of aromatic nitrogens is 3. The maximum atomic E-state index is 12.1. The molecule has 1 unspecified atom stereocenters. The molecule has 0 radical (unpaired) electrons. The van der Waals surface area contributed by atoms with Gasteiger partial charge in [-0.05, 0) is 37.1 Å². The normalized spacial score (nSPS) is 11.7. The van der Waals surface area contributed by atoms with Crippen LogP contribution in [0, 0.1) is 0 Å². The summed E-state index contributed by atoms with van der Waals surface area (Å²) in [5.74, 6) is -2.75. The first kappa shape index (κ1) is 17.1. The first-order valence-electron chi connectivity index (χ1n) is 7.19. The van der Waals surface area contributed by atoms with Gasteiger partial charge in [-0.2, -0.15) is 0 Å². The van der Waals surface area contributed by atoms with E-state index < -0.39 is 23.9 Å². The fourth-order valence-electron chi connectivity index (χ4n) is 2.07. The van der Waals surface area contributed by atoms with Crippen molar-refractivity contribution in [2.24, 2.45) is 0 Å². The molecule has 0 aliphatic heterocycles. The summed E-state index contributed by atoms with van der Waals surface area (Å²) < 4.78 is 1.52. The molecule has 0 bridgehead atoms. The summed E-state index contributed by atoms with van der Waals surface area (Å²) in [6.07, 6.45) is 3.24. The van der Waals surface area contributed by atoms with E-state index in [1.807, 2.05) is 0 Å². The molecule has 9 nitrogen and oxygen atoms in total. The van der Waals surface area contributed by atoms with Gasteiger partial charge in [-0.1, -0.05) is 5.21 Å². The molecule has 1 amide bonds. The van der Waals surface area contributed by atoms with Gasteiger partial charge in [-0.3, -0.25) is 9.59 Å². The molecular weight excluding hydrogens is 316 g/mol.